The minimum Gasteiger partial charge on any atom is -0.308 e. The summed E-state index contributed by atoms with van der Waals surface area (Å²) >= 11 is 0. The Labute approximate surface area is 125 Å². The van der Waals surface area contributed by atoms with E-state index in [0.717, 1.165) is 0 Å². The van der Waals surface area contributed by atoms with Crippen LogP contribution in [-0.4, -0.2) is 36.0 Å². The Balaban J connectivity index is 2.05. The normalized spacial score (nSPS) is 21.2. The van der Waals surface area contributed by atoms with E-state index in [4.69, 9.17) is 9.05 Å². The van der Waals surface area contributed by atoms with Crippen molar-refractivity contribution in [1.82, 2.24) is 4.90 Å². The molecule has 21 heavy (non-hydrogen) atoms. The van der Waals surface area contributed by atoms with Crippen LogP contribution < -0.4 is 5.32 Å². The molecule has 0 saturated carbocycles. The molecule has 1 aliphatic rings. The zero-order chi connectivity index (χ0) is 15.5. The van der Waals surface area contributed by atoms with Gasteiger partial charge in [-0.1, -0.05) is 18.2 Å². The van der Waals surface area contributed by atoms with E-state index in [2.05, 4.69) is 5.32 Å². The van der Waals surface area contributed by atoms with Crippen molar-refractivity contribution in [3.05, 3.63) is 30.3 Å². The van der Waals surface area contributed by atoms with Crippen molar-refractivity contribution in [1.29, 1.82) is 0 Å². The van der Waals surface area contributed by atoms with Crippen LogP contribution in [0.5, 0.6) is 0 Å². The maximum Gasteiger partial charge on any atom is 0.355 e. The van der Waals surface area contributed by atoms with Gasteiger partial charge in [0.15, 0.2) is 5.78 Å². The van der Waals surface area contributed by atoms with Gasteiger partial charge in [-0.2, -0.15) is 0 Å². The Morgan fingerprint density at radius 2 is 1.81 bits per heavy atom. The lowest BCUT2D eigenvalue weighted by atomic mass is 10.3. The number of hydrogen-bond acceptors (Lipinski definition) is 4. The van der Waals surface area contributed by atoms with Crippen molar-refractivity contribution in [3.63, 3.8) is 0 Å². The highest BCUT2D eigenvalue weighted by Crippen LogP contribution is 2.62. The second-order valence-corrected chi connectivity index (χ2v) is 6.86. The van der Waals surface area contributed by atoms with Crippen molar-refractivity contribution in [2.45, 2.75) is 32.6 Å². The largest absolute Gasteiger partial charge is 0.355 e. The first-order valence-corrected chi connectivity index (χ1v) is 8.67. The summed E-state index contributed by atoms with van der Waals surface area (Å²) in [7, 11) is -3.29. The summed E-state index contributed by atoms with van der Waals surface area (Å²) in [5.74, 6) is -0.513. The average Bonchev–Trinajstić information content (AvgIpc) is 3.13. The van der Waals surface area contributed by atoms with Gasteiger partial charge in [-0.15, -0.1) is 0 Å². The molecule has 0 spiro atoms. The molecular weight excluding hydrogens is 291 g/mol. The summed E-state index contributed by atoms with van der Waals surface area (Å²) in [4.78, 5) is 13.7. The van der Waals surface area contributed by atoms with Crippen LogP contribution in [-0.2, 0) is 13.6 Å². The molecular formula is C14H21N2O4P. The van der Waals surface area contributed by atoms with E-state index in [1.54, 1.807) is 26.0 Å². The highest BCUT2D eigenvalue weighted by Gasteiger charge is 2.60. The van der Waals surface area contributed by atoms with Crippen molar-refractivity contribution >= 4 is 19.3 Å². The predicted molar refractivity (Wildman–Crippen MR) is 81.4 cm³/mol. The molecule has 2 rings (SSSR count). The number of rotatable bonds is 6. The number of anilines is 1. The standard InChI is InChI=1S/C14H21N2O4P/c1-4-19-21(18,20-5-2)13-11(3)16(13)14(17)15-12-9-7-6-8-10-12/h6-11,13H,4-5H2,1-3H3,(H,15,17). The lowest BCUT2D eigenvalue weighted by Crippen LogP contribution is -2.22. The van der Waals surface area contributed by atoms with Crippen molar-refractivity contribution in [2.75, 3.05) is 18.5 Å². The number of nitrogens with zero attached hydrogens (tertiary/aromatic N) is 1. The number of para-hydroxylation sites is 1. The van der Waals surface area contributed by atoms with Crippen LogP contribution in [0.2, 0.25) is 0 Å². The first kappa shape index (κ1) is 16.0. The zero-order valence-corrected chi connectivity index (χ0v) is 13.4. The molecule has 0 aromatic heterocycles. The van der Waals surface area contributed by atoms with Crippen molar-refractivity contribution < 1.29 is 18.4 Å². The first-order chi connectivity index (χ1) is 10.0. The summed E-state index contributed by atoms with van der Waals surface area (Å²) in [6.45, 7) is 5.92. The quantitative estimate of drug-likeness (QED) is 0.644. The molecule has 0 bridgehead atoms. The van der Waals surface area contributed by atoms with Gasteiger partial charge < -0.3 is 19.3 Å². The van der Waals surface area contributed by atoms with Crippen LogP contribution in [0.15, 0.2) is 30.3 Å². The highest BCUT2D eigenvalue weighted by molar-refractivity contribution is 7.55. The van der Waals surface area contributed by atoms with Gasteiger partial charge in [0.1, 0.15) is 0 Å². The van der Waals surface area contributed by atoms with E-state index in [1.165, 1.54) is 4.90 Å². The van der Waals surface area contributed by atoms with Crippen LogP contribution in [0.1, 0.15) is 20.8 Å². The van der Waals surface area contributed by atoms with Crippen LogP contribution >= 0.6 is 7.60 Å². The fourth-order valence-electron chi connectivity index (χ4n) is 2.31. The zero-order valence-electron chi connectivity index (χ0n) is 12.5. The molecule has 1 aromatic rings. The summed E-state index contributed by atoms with van der Waals surface area (Å²) in [6, 6.07) is 8.68. The molecule has 7 heteroatoms. The minimum absolute atomic E-state index is 0.169. The number of urea groups is 1. The maximum atomic E-state index is 12.7. The molecule has 2 unspecified atom stereocenters. The van der Waals surface area contributed by atoms with E-state index >= 15 is 0 Å². The third-order valence-corrected chi connectivity index (χ3v) is 5.83. The van der Waals surface area contributed by atoms with Gasteiger partial charge >= 0.3 is 13.6 Å². The second kappa shape index (κ2) is 6.60. The molecule has 1 aromatic carbocycles. The fourth-order valence-corrected chi connectivity index (χ4v) is 4.63. The number of carbonyl (C=O) groups excluding carboxylic acids is 1. The molecule has 1 fully saturated rings. The summed E-state index contributed by atoms with van der Waals surface area (Å²) in [6.07, 6.45) is 0. The Bertz CT molecular complexity index is 527. The first-order valence-electron chi connectivity index (χ1n) is 7.06. The Morgan fingerprint density at radius 1 is 1.24 bits per heavy atom. The molecule has 2 amide bonds. The third-order valence-electron chi connectivity index (χ3n) is 3.27. The number of nitrogens with one attached hydrogen (secondary N) is 1. The lowest BCUT2D eigenvalue weighted by molar-refractivity contribution is 0.211. The van der Waals surface area contributed by atoms with Gasteiger partial charge in [-0.05, 0) is 32.9 Å². The van der Waals surface area contributed by atoms with E-state index in [0.29, 0.717) is 5.69 Å². The summed E-state index contributed by atoms with van der Waals surface area (Å²) in [5.41, 5.74) is 0.697. The molecule has 6 nitrogen and oxygen atoms in total. The molecule has 1 aliphatic heterocycles. The van der Waals surface area contributed by atoms with Gasteiger partial charge in [0.2, 0.25) is 0 Å². The number of hydrogen-bond donors (Lipinski definition) is 1. The van der Waals surface area contributed by atoms with Gasteiger partial charge in [-0.3, -0.25) is 4.57 Å². The lowest BCUT2D eigenvalue weighted by Gasteiger charge is -2.16. The molecule has 1 heterocycles. The van der Waals surface area contributed by atoms with Crippen LogP contribution in [0.3, 0.4) is 0 Å². The van der Waals surface area contributed by atoms with Gasteiger partial charge in [0.05, 0.1) is 19.3 Å². The number of amides is 2. The fraction of sp³-hybridized carbons (Fsp3) is 0.500. The molecule has 2 atom stereocenters. The van der Waals surface area contributed by atoms with Gasteiger partial charge in [0, 0.05) is 5.69 Å². The van der Waals surface area contributed by atoms with Gasteiger partial charge in [-0.25, -0.2) is 4.79 Å². The van der Waals surface area contributed by atoms with Crippen LogP contribution in [0, 0.1) is 0 Å². The predicted octanol–water partition coefficient (Wildman–Crippen LogP) is 3.51. The maximum absolute atomic E-state index is 12.7. The van der Waals surface area contributed by atoms with Gasteiger partial charge in [0.25, 0.3) is 0 Å². The SMILES string of the molecule is CCOP(=O)(OCC)C1C(C)N1C(=O)Nc1ccccc1. The topological polar surface area (TPSA) is 67.6 Å². The van der Waals surface area contributed by atoms with E-state index in [-0.39, 0.29) is 25.3 Å². The van der Waals surface area contributed by atoms with E-state index < -0.39 is 13.4 Å². The smallest absolute Gasteiger partial charge is 0.308 e. The number of carbonyl (C=O) groups is 1. The monoisotopic (exact) mass is 312 g/mol. The Hall–Kier alpha value is -1.36. The second-order valence-electron chi connectivity index (χ2n) is 4.73. The summed E-state index contributed by atoms with van der Waals surface area (Å²) < 4.78 is 23.3. The average molecular weight is 312 g/mol. The van der Waals surface area contributed by atoms with Crippen LogP contribution in [0.25, 0.3) is 0 Å². The summed E-state index contributed by atoms with van der Waals surface area (Å²) in [5, 5.41) is 2.78. The van der Waals surface area contributed by atoms with Crippen molar-refractivity contribution in [3.8, 4) is 0 Å². The third kappa shape index (κ3) is 3.46. The Kier molecular flexibility index (Phi) is 5.04. The minimum atomic E-state index is -3.29. The molecule has 1 N–H and O–H groups in total. The van der Waals surface area contributed by atoms with E-state index in [1.807, 2.05) is 25.1 Å². The molecule has 1 saturated heterocycles. The number of benzene rings is 1. The Morgan fingerprint density at radius 3 is 2.33 bits per heavy atom. The molecule has 0 aliphatic carbocycles. The van der Waals surface area contributed by atoms with E-state index in [9.17, 15) is 9.36 Å². The van der Waals surface area contributed by atoms with Crippen molar-refractivity contribution in [2.24, 2.45) is 0 Å². The van der Waals surface area contributed by atoms with Crippen LogP contribution in [0.4, 0.5) is 10.5 Å². The molecule has 0 radical (unpaired) electrons. The highest BCUT2D eigenvalue weighted by atomic mass is 31.2. The molecule has 116 valence electrons.